The van der Waals surface area contributed by atoms with Gasteiger partial charge in [0.05, 0.1) is 28.9 Å². The van der Waals surface area contributed by atoms with Gasteiger partial charge in [0.15, 0.2) is 6.61 Å². The molecule has 1 atom stereocenters. The summed E-state index contributed by atoms with van der Waals surface area (Å²) in [4.78, 5) is 35.5. The molecule has 0 saturated heterocycles. The van der Waals surface area contributed by atoms with Crippen molar-refractivity contribution in [2.24, 2.45) is 11.7 Å². The maximum Gasteiger partial charge on any atom is 0.319 e. The molecular weight excluding hydrogens is 424 g/mol. The second-order valence-corrected chi connectivity index (χ2v) is 7.29. The SMILES string of the molecule is CCOc1ccc(C[C@H](CNC(=O)Nc2cc3c(cc2Cl)NC(=O)CO3)C(N)=O)cc1. The fourth-order valence-electron chi connectivity index (χ4n) is 3.02. The summed E-state index contributed by atoms with van der Waals surface area (Å²) in [5.41, 5.74) is 7.13. The van der Waals surface area contributed by atoms with Crippen molar-refractivity contribution in [2.45, 2.75) is 13.3 Å². The lowest BCUT2D eigenvalue weighted by Gasteiger charge is -2.20. The Morgan fingerprint density at radius 1 is 1.29 bits per heavy atom. The number of hydrogen-bond acceptors (Lipinski definition) is 5. The van der Waals surface area contributed by atoms with Crippen molar-refractivity contribution in [3.05, 3.63) is 47.0 Å². The van der Waals surface area contributed by atoms with Crippen molar-refractivity contribution in [3.63, 3.8) is 0 Å². The van der Waals surface area contributed by atoms with Crippen molar-refractivity contribution < 1.29 is 23.9 Å². The third-order valence-corrected chi connectivity index (χ3v) is 4.89. The number of benzene rings is 2. The number of urea groups is 1. The maximum absolute atomic E-state index is 12.3. The zero-order valence-corrected chi connectivity index (χ0v) is 17.6. The van der Waals surface area contributed by atoms with Crippen LogP contribution < -0.4 is 31.2 Å². The average molecular weight is 447 g/mol. The Balaban J connectivity index is 1.58. The third-order valence-electron chi connectivity index (χ3n) is 4.58. The molecule has 1 aliphatic heterocycles. The van der Waals surface area contributed by atoms with Gasteiger partial charge >= 0.3 is 6.03 Å². The maximum atomic E-state index is 12.3. The van der Waals surface area contributed by atoms with Crippen molar-refractivity contribution in [2.75, 3.05) is 30.4 Å². The van der Waals surface area contributed by atoms with Gasteiger partial charge in [0.1, 0.15) is 11.5 Å². The molecule has 1 aliphatic rings. The molecule has 0 aliphatic carbocycles. The first kappa shape index (κ1) is 22.2. The average Bonchev–Trinajstić information content (AvgIpc) is 2.73. The van der Waals surface area contributed by atoms with Crippen molar-refractivity contribution in [3.8, 4) is 11.5 Å². The summed E-state index contributed by atoms with van der Waals surface area (Å²) in [5.74, 6) is -0.270. The minimum atomic E-state index is -0.596. The fraction of sp³-hybridized carbons (Fsp3) is 0.286. The summed E-state index contributed by atoms with van der Waals surface area (Å²) in [7, 11) is 0. The van der Waals surface area contributed by atoms with Gasteiger partial charge in [-0.15, -0.1) is 0 Å². The molecule has 0 unspecified atom stereocenters. The highest BCUT2D eigenvalue weighted by Crippen LogP contribution is 2.36. The van der Waals surface area contributed by atoms with Crippen LogP contribution in [0, 0.1) is 5.92 Å². The molecule has 0 bridgehead atoms. The highest BCUT2D eigenvalue weighted by atomic mass is 35.5. The van der Waals surface area contributed by atoms with Gasteiger partial charge in [0, 0.05) is 12.6 Å². The fourth-order valence-corrected chi connectivity index (χ4v) is 3.24. The zero-order valence-electron chi connectivity index (χ0n) is 16.9. The van der Waals surface area contributed by atoms with E-state index in [4.69, 9.17) is 26.8 Å². The number of amides is 4. The lowest BCUT2D eigenvalue weighted by atomic mass is 9.98. The van der Waals surface area contributed by atoms with E-state index >= 15 is 0 Å². The quantitative estimate of drug-likeness (QED) is 0.494. The molecule has 2 aromatic carbocycles. The molecule has 0 fully saturated rings. The molecule has 164 valence electrons. The molecule has 9 nitrogen and oxygen atoms in total. The van der Waals surface area contributed by atoms with Crippen molar-refractivity contribution in [1.82, 2.24) is 5.32 Å². The Bertz CT molecular complexity index is 980. The summed E-state index contributed by atoms with van der Waals surface area (Å²) in [6.07, 6.45) is 0.370. The van der Waals surface area contributed by atoms with Crippen LogP contribution in [0.5, 0.6) is 11.5 Å². The first-order valence-corrected chi connectivity index (χ1v) is 10.1. The van der Waals surface area contributed by atoms with E-state index in [1.54, 1.807) is 0 Å². The lowest BCUT2D eigenvalue weighted by Crippen LogP contribution is -2.39. The number of halogens is 1. The van der Waals surface area contributed by atoms with Gasteiger partial charge in [-0.2, -0.15) is 0 Å². The van der Waals surface area contributed by atoms with Crippen LogP contribution in [-0.2, 0) is 16.0 Å². The Labute approximate surface area is 184 Å². The number of primary amides is 1. The number of carbonyl (C=O) groups is 3. The van der Waals surface area contributed by atoms with Crippen LogP contribution in [0.25, 0.3) is 0 Å². The molecule has 10 heteroatoms. The van der Waals surface area contributed by atoms with E-state index in [2.05, 4.69) is 16.0 Å². The van der Waals surface area contributed by atoms with E-state index in [0.717, 1.165) is 11.3 Å². The van der Waals surface area contributed by atoms with Gasteiger partial charge in [-0.3, -0.25) is 9.59 Å². The molecule has 4 amide bonds. The van der Waals surface area contributed by atoms with E-state index in [1.807, 2.05) is 31.2 Å². The van der Waals surface area contributed by atoms with Crippen LogP contribution in [0.3, 0.4) is 0 Å². The van der Waals surface area contributed by atoms with Crippen LogP contribution in [0.2, 0.25) is 5.02 Å². The van der Waals surface area contributed by atoms with Crippen LogP contribution in [-0.4, -0.2) is 37.6 Å². The van der Waals surface area contributed by atoms with Gasteiger partial charge in [-0.05, 0) is 37.1 Å². The standard InChI is InChI=1S/C21H23ClN4O5/c1-2-30-14-5-3-12(4-6-14)7-13(20(23)28)10-24-21(29)26-16-9-18-17(8-15(16)22)25-19(27)11-31-18/h3-6,8-9,13H,2,7,10-11H2,1H3,(H2,23,28)(H,25,27)(H2,24,26,29)/t13-/m1/s1. The third kappa shape index (κ3) is 6.02. The monoisotopic (exact) mass is 446 g/mol. The molecule has 2 aromatic rings. The van der Waals surface area contributed by atoms with Crippen LogP contribution >= 0.6 is 11.6 Å². The topological polar surface area (TPSA) is 132 Å². The highest BCUT2D eigenvalue weighted by Gasteiger charge is 2.20. The van der Waals surface area contributed by atoms with Gasteiger partial charge in [-0.1, -0.05) is 23.7 Å². The number of carbonyl (C=O) groups excluding carboxylic acids is 3. The predicted molar refractivity (Wildman–Crippen MR) is 117 cm³/mol. The van der Waals surface area contributed by atoms with Gasteiger partial charge < -0.3 is 31.2 Å². The van der Waals surface area contributed by atoms with E-state index < -0.39 is 17.9 Å². The molecule has 0 spiro atoms. The second kappa shape index (κ2) is 10.0. The van der Waals surface area contributed by atoms with Crippen LogP contribution in [0.4, 0.5) is 16.2 Å². The number of ether oxygens (including phenoxy) is 2. The van der Waals surface area contributed by atoms with E-state index in [0.29, 0.717) is 30.2 Å². The van der Waals surface area contributed by atoms with Gasteiger partial charge in [-0.25, -0.2) is 4.79 Å². The van der Waals surface area contributed by atoms with E-state index in [9.17, 15) is 14.4 Å². The Kier molecular flexibility index (Phi) is 7.19. The number of anilines is 2. The van der Waals surface area contributed by atoms with E-state index in [-0.39, 0.29) is 24.1 Å². The number of hydrogen-bond donors (Lipinski definition) is 4. The molecular formula is C21H23ClN4O5. The molecule has 1 heterocycles. The number of nitrogens with two attached hydrogens (primary N) is 1. The van der Waals surface area contributed by atoms with Crippen molar-refractivity contribution in [1.29, 1.82) is 0 Å². The summed E-state index contributed by atoms with van der Waals surface area (Å²) >= 11 is 6.17. The minimum Gasteiger partial charge on any atom is -0.494 e. The Morgan fingerprint density at radius 3 is 2.71 bits per heavy atom. The first-order valence-electron chi connectivity index (χ1n) is 9.67. The molecule has 3 rings (SSSR count). The van der Waals surface area contributed by atoms with Gasteiger partial charge in [0.2, 0.25) is 5.91 Å². The molecule has 31 heavy (non-hydrogen) atoms. The number of rotatable bonds is 8. The van der Waals surface area contributed by atoms with Gasteiger partial charge in [0.25, 0.3) is 5.91 Å². The second-order valence-electron chi connectivity index (χ2n) is 6.88. The largest absolute Gasteiger partial charge is 0.494 e. The normalized spacial score (nSPS) is 13.3. The predicted octanol–water partition coefficient (Wildman–Crippen LogP) is 2.54. The number of fused-ring (bicyclic) bond motifs is 1. The molecule has 0 saturated carbocycles. The Hall–Kier alpha value is -3.46. The summed E-state index contributed by atoms with van der Waals surface area (Å²) in [5, 5.41) is 8.10. The Morgan fingerprint density at radius 2 is 2.03 bits per heavy atom. The summed E-state index contributed by atoms with van der Waals surface area (Å²) < 4.78 is 10.7. The van der Waals surface area contributed by atoms with E-state index in [1.165, 1.54) is 12.1 Å². The molecule has 0 radical (unpaired) electrons. The summed E-state index contributed by atoms with van der Waals surface area (Å²) in [6, 6.07) is 9.79. The summed E-state index contributed by atoms with van der Waals surface area (Å²) in [6.45, 7) is 2.39. The van der Waals surface area contributed by atoms with Crippen LogP contribution in [0.1, 0.15) is 12.5 Å². The smallest absolute Gasteiger partial charge is 0.319 e. The first-order chi connectivity index (χ1) is 14.9. The number of nitrogens with one attached hydrogen (secondary N) is 3. The molecule has 0 aromatic heterocycles. The highest BCUT2D eigenvalue weighted by molar-refractivity contribution is 6.34. The lowest BCUT2D eigenvalue weighted by molar-refractivity contribution is -0.121. The minimum absolute atomic E-state index is 0.0451. The zero-order chi connectivity index (χ0) is 22.4. The van der Waals surface area contributed by atoms with Crippen molar-refractivity contribution >= 4 is 40.8 Å². The van der Waals surface area contributed by atoms with Crippen LogP contribution in [0.15, 0.2) is 36.4 Å². The molecule has 5 N–H and O–H groups in total.